The number of hydrogen-bond acceptors (Lipinski definition) is 7. The van der Waals surface area contributed by atoms with Crippen LogP contribution in [0.15, 0.2) is 22.2 Å². The molecule has 26 heavy (non-hydrogen) atoms. The van der Waals surface area contributed by atoms with Crippen molar-refractivity contribution in [2.24, 2.45) is 5.84 Å². The Kier molecular flexibility index (Phi) is 5.89. The van der Waals surface area contributed by atoms with Crippen LogP contribution in [0.1, 0.15) is 36.0 Å². The number of thiazole rings is 1. The topological polar surface area (TPSA) is 124 Å². The molecule has 0 spiro atoms. The highest BCUT2D eigenvalue weighted by Gasteiger charge is 2.24. The summed E-state index contributed by atoms with van der Waals surface area (Å²) in [7, 11) is 0. The first-order valence-corrected chi connectivity index (χ1v) is 9.20. The highest BCUT2D eigenvalue weighted by Crippen LogP contribution is 2.33. The van der Waals surface area contributed by atoms with Crippen molar-refractivity contribution in [2.75, 3.05) is 16.1 Å². The van der Waals surface area contributed by atoms with Gasteiger partial charge in [-0.25, -0.2) is 20.6 Å². The van der Waals surface area contributed by atoms with Gasteiger partial charge >= 0.3 is 6.09 Å². The van der Waals surface area contributed by atoms with Crippen LogP contribution in [-0.2, 0) is 4.74 Å². The van der Waals surface area contributed by atoms with Crippen LogP contribution in [0.5, 0.6) is 0 Å². The number of aromatic nitrogens is 1. The number of hydrazine groups is 1. The summed E-state index contributed by atoms with van der Waals surface area (Å²) in [5.74, 6) is 5.50. The summed E-state index contributed by atoms with van der Waals surface area (Å²) in [5, 5.41) is 3.56. The predicted octanol–water partition coefficient (Wildman–Crippen LogP) is 3.66. The fourth-order valence-electron chi connectivity index (χ4n) is 2.04. The lowest BCUT2D eigenvalue weighted by molar-refractivity contribution is 0.0580. The molecular formula is C16H20BrN5O3S. The number of carbonyl (C=O) groups is 2. The van der Waals surface area contributed by atoms with E-state index in [1.807, 2.05) is 0 Å². The van der Waals surface area contributed by atoms with E-state index < -0.39 is 11.7 Å². The summed E-state index contributed by atoms with van der Waals surface area (Å²) in [5.41, 5.74) is 6.93. The van der Waals surface area contributed by atoms with Gasteiger partial charge in [-0.3, -0.25) is 4.79 Å². The number of ether oxygens (including phenoxy) is 1. The van der Waals surface area contributed by atoms with Crippen LogP contribution in [0.4, 0.5) is 21.9 Å². The fraction of sp³-hybridized carbons (Fsp3) is 0.312. The Morgan fingerprint density at radius 2 is 2.00 bits per heavy atom. The highest BCUT2D eigenvalue weighted by atomic mass is 79.9. The molecule has 10 heteroatoms. The second-order valence-corrected chi connectivity index (χ2v) is 8.78. The van der Waals surface area contributed by atoms with E-state index in [4.69, 9.17) is 16.3 Å². The van der Waals surface area contributed by atoms with E-state index in [0.29, 0.717) is 14.5 Å². The standard InChI is InChI=1S/C16H20BrN5O3S/c1-8-5-6-9(22(19)15(24)25-16(2,3)4)11(18)12(8)21-13(23)10-7-20-14(17)26-10/h5-7H,18-19H2,1-4H3,(H,21,23). The monoisotopic (exact) mass is 441 g/mol. The van der Waals surface area contributed by atoms with Crippen molar-refractivity contribution in [2.45, 2.75) is 33.3 Å². The van der Waals surface area contributed by atoms with Gasteiger partial charge in [0, 0.05) is 0 Å². The Labute approximate surface area is 163 Å². The molecule has 140 valence electrons. The summed E-state index contributed by atoms with van der Waals surface area (Å²) in [6.07, 6.45) is 0.701. The van der Waals surface area contributed by atoms with Gasteiger partial charge in [-0.05, 0) is 55.3 Å². The third kappa shape index (κ3) is 4.71. The molecule has 5 N–H and O–H groups in total. The summed E-state index contributed by atoms with van der Waals surface area (Å²) in [6.45, 7) is 6.98. The number of rotatable bonds is 3. The zero-order valence-electron chi connectivity index (χ0n) is 14.8. The second-order valence-electron chi connectivity index (χ2n) is 6.47. The first kappa shape index (κ1) is 20.1. The minimum absolute atomic E-state index is 0.162. The van der Waals surface area contributed by atoms with Crippen LogP contribution in [0, 0.1) is 6.92 Å². The van der Waals surface area contributed by atoms with Crippen LogP contribution in [0.3, 0.4) is 0 Å². The van der Waals surface area contributed by atoms with Crippen LogP contribution in [0.2, 0.25) is 0 Å². The SMILES string of the molecule is Cc1ccc(N(N)C(=O)OC(C)(C)C)c(N)c1NC(=O)c1cnc(Br)s1. The molecule has 0 unspecified atom stereocenters. The van der Waals surface area contributed by atoms with Gasteiger partial charge in [0.2, 0.25) is 0 Å². The molecule has 0 aliphatic heterocycles. The maximum Gasteiger partial charge on any atom is 0.429 e. The normalized spacial score (nSPS) is 11.2. The van der Waals surface area contributed by atoms with Crippen LogP contribution in [0.25, 0.3) is 0 Å². The van der Waals surface area contributed by atoms with Gasteiger partial charge in [0.05, 0.1) is 23.3 Å². The highest BCUT2D eigenvalue weighted by molar-refractivity contribution is 9.11. The lowest BCUT2D eigenvalue weighted by Crippen LogP contribution is -2.42. The predicted molar refractivity (Wildman–Crippen MR) is 106 cm³/mol. The number of carbonyl (C=O) groups excluding carboxylic acids is 2. The van der Waals surface area contributed by atoms with Gasteiger partial charge in [-0.2, -0.15) is 0 Å². The molecule has 2 amide bonds. The minimum Gasteiger partial charge on any atom is -0.442 e. The molecule has 2 aromatic rings. The van der Waals surface area contributed by atoms with Gasteiger partial charge in [0.25, 0.3) is 5.91 Å². The molecule has 0 fully saturated rings. The summed E-state index contributed by atoms with van der Waals surface area (Å²) >= 11 is 4.41. The quantitative estimate of drug-likeness (QED) is 0.289. The van der Waals surface area contributed by atoms with E-state index in [1.165, 1.54) is 17.5 Å². The van der Waals surface area contributed by atoms with E-state index in [9.17, 15) is 9.59 Å². The van der Waals surface area contributed by atoms with Gasteiger partial charge in [-0.15, -0.1) is 11.3 Å². The maximum absolute atomic E-state index is 12.4. The third-order valence-corrected chi connectivity index (χ3v) is 4.70. The van der Waals surface area contributed by atoms with Crippen LogP contribution in [-0.4, -0.2) is 22.6 Å². The van der Waals surface area contributed by atoms with Crippen LogP contribution < -0.4 is 21.9 Å². The van der Waals surface area contributed by atoms with Gasteiger partial charge < -0.3 is 15.8 Å². The third-order valence-electron chi connectivity index (χ3n) is 3.22. The molecular weight excluding hydrogens is 422 g/mol. The number of nitrogens with zero attached hydrogens (tertiary/aromatic N) is 2. The number of nitrogen functional groups attached to an aromatic ring is 1. The van der Waals surface area contributed by atoms with E-state index in [-0.39, 0.29) is 17.3 Å². The molecule has 0 atom stereocenters. The smallest absolute Gasteiger partial charge is 0.429 e. The second kappa shape index (κ2) is 7.60. The molecule has 1 aromatic heterocycles. The lowest BCUT2D eigenvalue weighted by Gasteiger charge is -2.25. The van der Waals surface area contributed by atoms with E-state index >= 15 is 0 Å². The van der Waals surface area contributed by atoms with Gasteiger partial charge in [-0.1, -0.05) is 6.07 Å². The Morgan fingerprint density at radius 3 is 2.54 bits per heavy atom. The fourth-order valence-corrected chi connectivity index (χ4v) is 3.20. The molecule has 0 saturated carbocycles. The molecule has 0 bridgehead atoms. The van der Waals surface area contributed by atoms with Crippen molar-refractivity contribution < 1.29 is 14.3 Å². The molecule has 0 aliphatic carbocycles. The molecule has 8 nitrogen and oxygen atoms in total. The lowest BCUT2D eigenvalue weighted by atomic mass is 10.1. The van der Waals surface area contributed by atoms with Crippen LogP contribution >= 0.6 is 27.3 Å². The summed E-state index contributed by atoms with van der Waals surface area (Å²) in [6, 6.07) is 3.29. The summed E-state index contributed by atoms with van der Waals surface area (Å²) < 4.78 is 5.84. The minimum atomic E-state index is -0.753. The molecule has 0 radical (unpaired) electrons. The first-order valence-electron chi connectivity index (χ1n) is 7.59. The van der Waals surface area contributed by atoms with Gasteiger partial charge in [0.15, 0.2) is 3.92 Å². The molecule has 0 aliphatic rings. The van der Waals surface area contributed by atoms with Crippen molar-refractivity contribution in [3.63, 3.8) is 0 Å². The summed E-state index contributed by atoms with van der Waals surface area (Å²) in [4.78, 5) is 29.0. The Morgan fingerprint density at radius 1 is 1.35 bits per heavy atom. The molecule has 1 heterocycles. The van der Waals surface area contributed by atoms with E-state index in [0.717, 1.165) is 10.6 Å². The molecule has 2 rings (SSSR count). The van der Waals surface area contributed by atoms with E-state index in [1.54, 1.807) is 39.8 Å². The Balaban J connectivity index is 2.30. The number of anilines is 3. The average molecular weight is 442 g/mol. The molecule has 0 saturated heterocycles. The van der Waals surface area contributed by atoms with Crippen molar-refractivity contribution in [3.05, 3.63) is 32.7 Å². The zero-order valence-corrected chi connectivity index (χ0v) is 17.2. The zero-order chi connectivity index (χ0) is 19.6. The number of aryl methyl sites for hydroxylation is 1. The Hall–Kier alpha value is -2.17. The number of amides is 2. The first-order chi connectivity index (χ1) is 12.0. The van der Waals surface area contributed by atoms with Crippen molar-refractivity contribution in [1.29, 1.82) is 0 Å². The number of halogens is 1. The van der Waals surface area contributed by atoms with Crippen molar-refractivity contribution in [3.8, 4) is 0 Å². The maximum atomic E-state index is 12.4. The van der Waals surface area contributed by atoms with E-state index in [2.05, 4.69) is 26.2 Å². The van der Waals surface area contributed by atoms with Crippen molar-refractivity contribution in [1.82, 2.24) is 4.98 Å². The number of benzene rings is 1. The largest absolute Gasteiger partial charge is 0.442 e. The van der Waals surface area contributed by atoms with Gasteiger partial charge in [0.1, 0.15) is 10.5 Å². The Bertz CT molecular complexity index is 847. The van der Waals surface area contributed by atoms with Crippen molar-refractivity contribution >= 4 is 56.3 Å². The number of nitrogens with one attached hydrogen (secondary N) is 1. The molecule has 1 aromatic carbocycles. The number of nitrogens with two attached hydrogens (primary N) is 2. The number of hydrogen-bond donors (Lipinski definition) is 3. The average Bonchev–Trinajstić information content (AvgIpc) is 2.95.